The van der Waals surface area contributed by atoms with Crippen molar-refractivity contribution in [2.75, 3.05) is 19.0 Å². The molecular formula is C15H19F2NO3. The zero-order valence-electron chi connectivity index (χ0n) is 11.9. The second-order valence-electron chi connectivity index (χ2n) is 5.27. The topological polar surface area (TPSA) is 58.6 Å². The van der Waals surface area contributed by atoms with Crippen molar-refractivity contribution in [3.8, 4) is 0 Å². The fourth-order valence-electron chi connectivity index (χ4n) is 2.62. The molecule has 4 nitrogen and oxygen atoms in total. The molecule has 21 heavy (non-hydrogen) atoms. The zero-order valence-corrected chi connectivity index (χ0v) is 11.9. The van der Waals surface area contributed by atoms with Gasteiger partial charge < -0.3 is 15.2 Å². The van der Waals surface area contributed by atoms with Crippen molar-refractivity contribution in [1.29, 1.82) is 0 Å². The zero-order chi connectivity index (χ0) is 15.4. The Morgan fingerprint density at radius 2 is 2.05 bits per heavy atom. The molecule has 1 saturated carbocycles. The summed E-state index contributed by atoms with van der Waals surface area (Å²) < 4.78 is 32.1. The molecule has 0 aromatic heterocycles. The molecule has 0 aliphatic heterocycles. The Labute approximate surface area is 122 Å². The molecule has 2 rings (SSSR count). The van der Waals surface area contributed by atoms with Gasteiger partial charge >= 0.3 is 5.97 Å². The van der Waals surface area contributed by atoms with Crippen molar-refractivity contribution in [1.82, 2.24) is 0 Å². The predicted molar refractivity (Wildman–Crippen MR) is 74.2 cm³/mol. The van der Waals surface area contributed by atoms with Gasteiger partial charge in [0.1, 0.15) is 0 Å². The van der Waals surface area contributed by atoms with E-state index in [0.717, 1.165) is 32.8 Å². The molecule has 2 atom stereocenters. The van der Waals surface area contributed by atoms with E-state index in [1.807, 2.05) is 0 Å². The largest absolute Gasteiger partial charge is 0.465 e. The normalized spacial score (nSPS) is 21.9. The minimum absolute atomic E-state index is 0.0158. The van der Waals surface area contributed by atoms with Crippen LogP contribution in [0.5, 0.6) is 0 Å². The van der Waals surface area contributed by atoms with E-state index in [-0.39, 0.29) is 11.6 Å². The minimum Gasteiger partial charge on any atom is -0.465 e. The van der Waals surface area contributed by atoms with Crippen LogP contribution in [0, 0.1) is 17.6 Å². The molecule has 1 aromatic rings. The van der Waals surface area contributed by atoms with E-state index in [4.69, 9.17) is 0 Å². The van der Waals surface area contributed by atoms with E-state index in [2.05, 4.69) is 10.1 Å². The number of ether oxygens (including phenoxy) is 1. The molecular weight excluding hydrogens is 280 g/mol. The molecule has 0 radical (unpaired) electrons. The lowest BCUT2D eigenvalue weighted by Gasteiger charge is -2.28. The van der Waals surface area contributed by atoms with Gasteiger partial charge in [-0.1, -0.05) is 12.8 Å². The van der Waals surface area contributed by atoms with Crippen LogP contribution in [-0.4, -0.2) is 30.8 Å². The van der Waals surface area contributed by atoms with Crippen LogP contribution in [0.15, 0.2) is 12.1 Å². The summed E-state index contributed by atoms with van der Waals surface area (Å²) in [6.45, 7) is 0.370. The molecule has 1 aromatic carbocycles. The first-order valence-corrected chi connectivity index (χ1v) is 7.02. The molecule has 6 heteroatoms. The van der Waals surface area contributed by atoms with E-state index in [1.54, 1.807) is 0 Å². The van der Waals surface area contributed by atoms with Gasteiger partial charge in [-0.05, 0) is 25.0 Å². The number of hydrogen-bond donors (Lipinski definition) is 2. The summed E-state index contributed by atoms with van der Waals surface area (Å²) in [4.78, 5) is 11.3. The number of nitrogens with one attached hydrogen (secondary N) is 1. The first-order valence-electron chi connectivity index (χ1n) is 7.02. The van der Waals surface area contributed by atoms with Crippen LogP contribution in [0.3, 0.4) is 0 Å². The van der Waals surface area contributed by atoms with Gasteiger partial charge in [-0.3, -0.25) is 0 Å². The van der Waals surface area contributed by atoms with E-state index in [9.17, 15) is 18.7 Å². The Balaban J connectivity index is 2.07. The van der Waals surface area contributed by atoms with E-state index in [1.165, 1.54) is 12.1 Å². The minimum atomic E-state index is -1.23. The molecule has 2 N–H and O–H groups in total. The van der Waals surface area contributed by atoms with Crippen molar-refractivity contribution in [2.24, 2.45) is 5.92 Å². The summed E-state index contributed by atoms with van der Waals surface area (Å²) in [6.07, 6.45) is 3.22. The number of methoxy groups -OCH3 is 1. The highest BCUT2D eigenvalue weighted by Crippen LogP contribution is 2.26. The molecule has 0 spiro atoms. The maximum absolute atomic E-state index is 13.9. The average Bonchev–Trinajstić information content (AvgIpc) is 2.49. The van der Waals surface area contributed by atoms with Crippen LogP contribution in [-0.2, 0) is 4.74 Å². The summed E-state index contributed by atoms with van der Waals surface area (Å²) in [6, 6.07) is 2.49. The molecule has 2 unspecified atom stereocenters. The number of aliphatic hydroxyl groups is 1. The second-order valence-corrected chi connectivity index (χ2v) is 5.27. The highest BCUT2D eigenvalue weighted by Gasteiger charge is 2.24. The van der Waals surface area contributed by atoms with Gasteiger partial charge in [0.2, 0.25) is 0 Å². The van der Waals surface area contributed by atoms with Crippen molar-refractivity contribution < 1.29 is 23.4 Å². The number of rotatable bonds is 4. The van der Waals surface area contributed by atoms with Crippen LogP contribution in [0.4, 0.5) is 14.5 Å². The monoisotopic (exact) mass is 299 g/mol. The van der Waals surface area contributed by atoms with Gasteiger partial charge in [0.05, 0.1) is 24.5 Å². The lowest BCUT2D eigenvalue weighted by Crippen LogP contribution is -2.30. The predicted octanol–water partition coefficient (Wildman–Crippen LogP) is 2.71. The van der Waals surface area contributed by atoms with Gasteiger partial charge in [0.25, 0.3) is 0 Å². The summed E-state index contributed by atoms with van der Waals surface area (Å²) in [7, 11) is 1.11. The fraction of sp³-hybridized carbons (Fsp3) is 0.533. The van der Waals surface area contributed by atoms with Gasteiger partial charge in [0, 0.05) is 12.5 Å². The van der Waals surface area contributed by atoms with Crippen LogP contribution in [0.2, 0.25) is 0 Å². The fourth-order valence-corrected chi connectivity index (χ4v) is 2.62. The van der Waals surface area contributed by atoms with E-state index in [0.29, 0.717) is 6.54 Å². The molecule has 0 saturated heterocycles. The molecule has 0 heterocycles. The molecule has 1 aliphatic carbocycles. The summed E-state index contributed by atoms with van der Waals surface area (Å²) in [5.41, 5.74) is -0.448. The van der Waals surface area contributed by atoms with Gasteiger partial charge in [-0.25, -0.2) is 13.6 Å². The number of benzene rings is 1. The number of anilines is 1. The standard InChI is InChI=1S/C15H19F2NO3/c1-21-15(20)10-6-7-11(14(17)13(10)16)18-8-9-4-2-3-5-12(9)19/h6-7,9,12,18-19H,2-5,8H2,1H3. The smallest absolute Gasteiger partial charge is 0.340 e. The number of esters is 1. The summed E-state index contributed by atoms with van der Waals surface area (Å²) >= 11 is 0. The number of aliphatic hydroxyl groups excluding tert-OH is 1. The first kappa shape index (κ1) is 15.7. The number of halogens is 2. The Hall–Kier alpha value is -1.69. The highest BCUT2D eigenvalue weighted by atomic mass is 19.2. The quantitative estimate of drug-likeness (QED) is 0.839. The third kappa shape index (κ3) is 3.50. The first-order chi connectivity index (χ1) is 10.0. The third-order valence-electron chi connectivity index (χ3n) is 3.91. The average molecular weight is 299 g/mol. The van der Waals surface area contributed by atoms with Crippen molar-refractivity contribution in [3.63, 3.8) is 0 Å². The van der Waals surface area contributed by atoms with E-state index >= 15 is 0 Å². The van der Waals surface area contributed by atoms with Gasteiger partial charge in [-0.2, -0.15) is 0 Å². The van der Waals surface area contributed by atoms with Crippen LogP contribution < -0.4 is 5.32 Å². The number of hydrogen-bond acceptors (Lipinski definition) is 4. The van der Waals surface area contributed by atoms with Crippen LogP contribution >= 0.6 is 0 Å². The number of carbonyl (C=O) groups excluding carboxylic acids is 1. The molecule has 0 amide bonds. The molecule has 1 fully saturated rings. The Kier molecular flexibility index (Phi) is 5.12. The van der Waals surface area contributed by atoms with Crippen LogP contribution in [0.1, 0.15) is 36.0 Å². The number of carbonyl (C=O) groups is 1. The molecule has 116 valence electrons. The summed E-state index contributed by atoms with van der Waals surface area (Å²) in [5, 5.41) is 12.7. The Bertz CT molecular complexity index is 522. The van der Waals surface area contributed by atoms with Crippen LogP contribution in [0.25, 0.3) is 0 Å². The third-order valence-corrected chi connectivity index (χ3v) is 3.91. The van der Waals surface area contributed by atoms with Crippen molar-refractivity contribution >= 4 is 11.7 Å². The highest BCUT2D eigenvalue weighted by molar-refractivity contribution is 5.90. The summed E-state index contributed by atoms with van der Waals surface area (Å²) in [5.74, 6) is -3.22. The van der Waals surface area contributed by atoms with Crippen molar-refractivity contribution in [3.05, 3.63) is 29.3 Å². The van der Waals surface area contributed by atoms with Gasteiger partial charge in [0.15, 0.2) is 11.6 Å². The van der Waals surface area contributed by atoms with E-state index < -0.39 is 29.3 Å². The SMILES string of the molecule is COC(=O)c1ccc(NCC2CCCCC2O)c(F)c1F. The second kappa shape index (κ2) is 6.85. The maximum atomic E-state index is 13.9. The Morgan fingerprint density at radius 1 is 1.33 bits per heavy atom. The lowest BCUT2D eigenvalue weighted by molar-refractivity contribution is 0.0594. The molecule has 0 bridgehead atoms. The molecule has 1 aliphatic rings. The van der Waals surface area contributed by atoms with Crippen molar-refractivity contribution in [2.45, 2.75) is 31.8 Å². The lowest BCUT2D eigenvalue weighted by atomic mass is 9.86. The Morgan fingerprint density at radius 3 is 2.71 bits per heavy atom. The van der Waals surface area contributed by atoms with Gasteiger partial charge in [-0.15, -0.1) is 0 Å². The maximum Gasteiger partial charge on any atom is 0.340 e.